The normalized spacial score (nSPS) is 23.8. The summed E-state index contributed by atoms with van der Waals surface area (Å²) in [6.07, 6.45) is 1.75. The Morgan fingerprint density at radius 2 is 1.60 bits per heavy atom. The van der Waals surface area contributed by atoms with Gasteiger partial charge in [-0.15, -0.1) is 0 Å². The number of nitrogens with zero attached hydrogens (tertiary/aromatic N) is 1. The van der Waals surface area contributed by atoms with Gasteiger partial charge in [0.2, 0.25) is 0 Å². The average Bonchev–Trinajstić information content (AvgIpc) is 3.00. The van der Waals surface area contributed by atoms with Crippen LogP contribution in [0.1, 0.15) is 72.4 Å². The highest BCUT2D eigenvalue weighted by Crippen LogP contribution is 2.43. The summed E-state index contributed by atoms with van der Waals surface area (Å²) in [5.74, 6) is 0. The molecule has 1 fully saturated rings. The lowest BCUT2D eigenvalue weighted by Crippen LogP contribution is -2.48. The van der Waals surface area contributed by atoms with E-state index in [1.54, 1.807) is 0 Å². The standard InChI is InChI=1S/C24H45NO3Si2/c1-12-18-14-13-15-19(25-18)20-16-21(28-30(10,11)24(5,6)7)22(27-20)17-26-29(8,9)23(2,3)4/h13-15,20-22H,12,16-17H2,1-11H3/t20-,21+,22-/m1/s1. The van der Waals surface area contributed by atoms with E-state index >= 15 is 0 Å². The second-order valence-corrected chi connectivity index (χ2v) is 21.4. The maximum Gasteiger partial charge on any atom is 0.192 e. The van der Waals surface area contributed by atoms with Gasteiger partial charge in [-0.05, 0) is 54.8 Å². The minimum absolute atomic E-state index is 0.0284. The third kappa shape index (κ3) is 6.03. The Bertz CT molecular complexity index is 707. The molecule has 4 nitrogen and oxygen atoms in total. The predicted molar refractivity (Wildman–Crippen MR) is 131 cm³/mol. The molecule has 1 aliphatic heterocycles. The molecule has 0 aromatic carbocycles. The van der Waals surface area contributed by atoms with Gasteiger partial charge in [0.25, 0.3) is 0 Å². The molecule has 1 aromatic heterocycles. The molecule has 0 radical (unpaired) electrons. The van der Waals surface area contributed by atoms with E-state index in [4.69, 9.17) is 18.6 Å². The molecule has 0 amide bonds. The van der Waals surface area contributed by atoms with E-state index in [9.17, 15) is 0 Å². The zero-order valence-electron chi connectivity index (χ0n) is 21.3. The summed E-state index contributed by atoms with van der Waals surface area (Å²) < 4.78 is 20.0. The van der Waals surface area contributed by atoms with Gasteiger partial charge in [0, 0.05) is 12.1 Å². The molecule has 1 aromatic rings. The fraction of sp³-hybridized carbons (Fsp3) is 0.792. The van der Waals surface area contributed by atoms with Crippen LogP contribution in [0.15, 0.2) is 18.2 Å². The summed E-state index contributed by atoms with van der Waals surface area (Å²) in [6, 6.07) is 6.26. The molecule has 172 valence electrons. The number of aromatic nitrogens is 1. The number of rotatable bonds is 7. The van der Waals surface area contributed by atoms with E-state index in [1.165, 1.54) is 0 Å². The van der Waals surface area contributed by atoms with E-state index < -0.39 is 16.6 Å². The lowest BCUT2D eigenvalue weighted by atomic mass is 10.1. The molecule has 3 atom stereocenters. The van der Waals surface area contributed by atoms with Crippen molar-refractivity contribution in [2.75, 3.05) is 6.61 Å². The van der Waals surface area contributed by atoms with Gasteiger partial charge in [-0.25, -0.2) is 0 Å². The SMILES string of the molecule is CCc1cccc([C@H]2C[C@H](O[Si](C)(C)C(C)(C)C)[C@@H](CO[Si](C)(C)C(C)(C)C)O2)n1. The Kier molecular flexibility index (Phi) is 7.84. The Hall–Kier alpha value is -0.536. The van der Waals surface area contributed by atoms with Crippen molar-refractivity contribution in [3.05, 3.63) is 29.6 Å². The Labute approximate surface area is 187 Å². The number of aryl methyl sites for hydroxylation is 1. The Morgan fingerprint density at radius 3 is 2.13 bits per heavy atom. The van der Waals surface area contributed by atoms with Crippen LogP contribution in [-0.4, -0.2) is 40.4 Å². The van der Waals surface area contributed by atoms with Gasteiger partial charge in [0.1, 0.15) is 12.2 Å². The van der Waals surface area contributed by atoms with Crippen LogP contribution in [0.5, 0.6) is 0 Å². The average molecular weight is 452 g/mol. The van der Waals surface area contributed by atoms with Gasteiger partial charge in [-0.3, -0.25) is 4.98 Å². The fourth-order valence-corrected chi connectivity index (χ4v) is 5.49. The summed E-state index contributed by atoms with van der Waals surface area (Å²) in [5.41, 5.74) is 2.13. The van der Waals surface area contributed by atoms with Crippen molar-refractivity contribution < 1.29 is 13.6 Å². The van der Waals surface area contributed by atoms with Crippen LogP contribution in [0.4, 0.5) is 0 Å². The summed E-state index contributed by atoms with van der Waals surface area (Å²) in [7, 11) is -3.77. The molecule has 0 bridgehead atoms. The summed E-state index contributed by atoms with van der Waals surface area (Å²) in [5, 5.41) is 0.341. The van der Waals surface area contributed by atoms with Crippen LogP contribution in [0.25, 0.3) is 0 Å². The number of ether oxygens (including phenoxy) is 1. The van der Waals surface area contributed by atoms with E-state index in [0.717, 1.165) is 24.2 Å². The third-order valence-electron chi connectivity index (χ3n) is 7.39. The zero-order valence-corrected chi connectivity index (χ0v) is 23.3. The molecule has 6 heteroatoms. The van der Waals surface area contributed by atoms with Gasteiger partial charge < -0.3 is 13.6 Å². The minimum Gasteiger partial charge on any atom is -0.414 e. The van der Waals surface area contributed by atoms with Gasteiger partial charge in [-0.2, -0.15) is 0 Å². The van der Waals surface area contributed by atoms with Crippen molar-refractivity contribution in [3.8, 4) is 0 Å². The smallest absolute Gasteiger partial charge is 0.192 e. The van der Waals surface area contributed by atoms with Crippen LogP contribution < -0.4 is 0 Å². The first-order valence-corrected chi connectivity index (χ1v) is 17.3. The molecule has 0 unspecified atom stereocenters. The number of pyridine rings is 1. The maximum atomic E-state index is 6.86. The molecule has 0 spiro atoms. The minimum atomic E-state index is -1.92. The zero-order chi connectivity index (χ0) is 23.0. The number of hydrogen-bond donors (Lipinski definition) is 0. The summed E-state index contributed by atoms with van der Waals surface area (Å²) >= 11 is 0. The molecular weight excluding hydrogens is 406 g/mol. The van der Waals surface area contributed by atoms with Gasteiger partial charge in [-0.1, -0.05) is 54.5 Å². The van der Waals surface area contributed by atoms with Crippen molar-refractivity contribution >= 4 is 16.6 Å². The first kappa shape index (κ1) is 25.7. The molecule has 0 saturated carbocycles. The quantitative estimate of drug-likeness (QED) is 0.423. The van der Waals surface area contributed by atoms with Crippen LogP contribution in [0.3, 0.4) is 0 Å². The highest BCUT2D eigenvalue weighted by Gasteiger charge is 2.46. The van der Waals surface area contributed by atoms with Crippen molar-refractivity contribution in [1.29, 1.82) is 0 Å². The topological polar surface area (TPSA) is 40.6 Å². The van der Waals surface area contributed by atoms with Crippen molar-refractivity contribution in [2.45, 2.75) is 116 Å². The highest BCUT2D eigenvalue weighted by molar-refractivity contribution is 6.74. The second kappa shape index (κ2) is 9.14. The van der Waals surface area contributed by atoms with Crippen molar-refractivity contribution in [2.24, 2.45) is 0 Å². The second-order valence-electron chi connectivity index (χ2n) is 11.8. The predicted octanol–water partition coefficient (Wildman–Crippen LogP) is 6.89. The first-order chi connectivity index (χ1) is 13.6. The van der Waals surface area contributed by atoms with Crippen molar-refractivity contribution in [1.82, 2.24) is 4.98 Å². The Balaban J connectivity index is 2.23. The largest absolute Gasteiger partial charge is 0.414 e. The molecule has 1 saturated heterocycles. The molecular formula is C24H45NO3Si2. The lowest BCUT2D eigenvalue weighted by molar-refractivity contribution is -0.0176. The van der Waals surface area contributed by atoms with E-state index in [-0.39, 0.29) is 28.4 Å². The summed E-state index contributed by atoms with van der Waals surface area (Å²) in [6.45, 7) is 25.7. The molecule has 0 N–H and O–H groups in total. The number of hydrogen-bond acceptors (Lipinski definition) is 4. The van der Waals surface area contributed by atoms with Crippen LogP contribution in [0.2, 0.25) is 36.3 Å². The Morgan fingerprint density at radius 1 is 1.00 bits per heavy atom. The molecule has 0 aliphatic carbocycles. The highest BCUT2D eigenvalue weighted by atomic mass is 28.4. The van der Waals surface area contributed by atoms with E-state index in [1.807, 2.05) is 0 Å². The fourth-order valence-electron chi connectivity index (χ4n) is 3.11. The molecule has 2 rings (SSSR count). The van der Waals surface area contributed by atoms with Gasteiger partial charge in [0.15, 0.2) is 16.6 Å². The van der Waals surface area contributed by atoms with E-state index in [0.29, 0.717) is 6.61 Å². The van der Waals surface area contributed by atoms with Gasteiger partial charge in [0.05, 0.1) is 18.4 Å². The lowest BCUT2D eigenvalue weighted by Gasteiger charge is -2.40. The summed E-state index contributed by atoms with van der Waals surface area (Å²) in [4.78, 5) is 4.83. The maximum absolute atomic E-state index is 6.86. The third-order valence-corrected chi connectivity index (χ3v) is 16.4. The molecule has 1 aliphatic rings. The van der Waals surface area contributed by atoms with E-state index in [2.05, 4.69) is 92.9 Å². The van der Waals surface area contributed by atoms with Crippen LogP contribution in [-0.2, 0) is 20.0 Å². The monoisotopic (exact) mass is 451 g/mol. The molecule has 2 heterocycles. The van der Waals surface area contributed by atoms with Crippen molar-refractivity contribution in [3.63, 3.8) is 0 Å². The van der Waals surface area contributed by atoms with Crippen LogP contribution >= 0.6 is 0 Å². The molecule has 30 heavy (non-hydrogen) atoms. The van der Waals surface area contributed by atoms with Gasteiger partial charge >= 0.3 is 0 Å². The first-order valence-electron chi connectivity index (χ1n) is 11.5. The van der Waals surface area contributed by atoms with Crippen LogP contribution in [0, 0.1) is 0 Å².